The van der Waals surface area contributed by atoms with Crippen LogP contribution in [-0.2, 0) is 39.7 Å². The van der Waals surface area contributed by atoms with Gasteiger partial charge in [0, 0.05) is 13.2 Å². The molecule has 1 aromatic heterocycles. The van der Waals surface area contributed by atoms with Crippen LogP contribution < -0.4 is 10.5 Å². The molecule has 0 aliphatic carbocycles. The third-order valence-corrected chi connectivity index (χ3v) is 5.09. The van der Waals surface area contributed by atoms with E-state index in [-0.39, 0.29) is 5.82 Å². The number of rotatable bonds is 4. The largest absolute Gasteiger partial charge is 0.467 e. The summed E-state index contributed by atoms with van der Waals surface area (Å²) in [6.07, 6.45) is -5.89. The van der Waals surface area contributed by atoms with Crippen molar-refractivity contribution < 1.29 is 46.7 Å². The van der Waals surface area contributed by atoms with Crippen molar-refractivity contribution in [3.05, 3.63) is 22.8 Å². The van der Waals surface area contributed by atoms with Crippen LogP contribution in [0.1, 0.15) is 5.56 Å². The molecular formula is C16H14ClF3N4O7. The van der Waals surface area contributed by atoms with Gasteiger partial charge in [0.15, 0.2) is 11.9 Å². The molecule has 2 atom stereocenters. The third kappa shape index (κ3) is 3.26. The Hall–Kier alpha value is -2.97. The van der Waals surface area contributed by atoms with Gasteiger partial charge in [-0.05, 0) is 6.07 Å². The first-order valence-corrected chi connectivity index (χ1v) is 8.73. The number of carbonyl (C=O) groups excluding carboxylic acids is 4. The van der Waals surface area contributed by atoms with Gasteiger partial charge in [0.25, 0.3) is 17.4 Å². The van der Waals surface area contributed by atoms with Crippen LogP contribution in [0.5, 0.6) is 0 Å². The lowest BCUT2D eigenvalue weighted by atomic mass is 9.83. The Morgan fingerprint density at radius 2 is 1.84 bits per heavy atom. The average molecular weight is 467 g/mol. The highest BCUT2D eigenvalue weighted by Gasteiger charge is 2.72. The maximum Gasteiger partial charge on any atom is 0.417 e. The van der Waals surface area contributed by atoms with E-state index >= 15 is 0 Å². The molecule has 3 rings (SSSR count). The standard InChI is InChI=1S/C16H14ClF3N4O7/c1-23(10-7(17)4-6(5-21-10)16(18,19)20)24-11(25)8-9(12(24)26)31-22-15(8,13(27)29-2)14(28)30-3/h4-5,8-9,22H,1-3H3/t8-,9-/m0/s1. The number of hydrazine groups is 1. The Morgan fingerprint density at radius 3 is 2.32 bits per heavy atom. The van der Waals surface area contributed by atoms with Crippen LogP contribution in [0, 0.1) is 5.92 Å². The van der Waals surface area contributed by atoms with Crippen LogP contribution in [0.2, 0.25) is 5.02 Å². The lowest BCUT2D eigenvalue weighted by Gasteiger charge is -2.31. The number of ether oxygens (including phenoxy) is 2. The summed E-state index contributed by atoms with van der Waals surface area (Å²) in [5.74, 6) is -6.72. The maximum atomic E-state index is 13.1. The number of anilines is 1. The zero-order valence-electron chi connectivity index (χ0n) is 16.0. The number of nitrogens with zero attached hydrogens (tertiary/aromatic N) is 3. The first kappa shape index (κ1) is 22.7. The zero-order valence-corrected chi connectivity index (χ0v) is 16.8. The summed E-state index contributed by atoms with van der Waals surface area (Å²) in [4.78, 5) is 59.2. The highest BCUT2D eigenvalue weighted by Crippen LogP contribution is 2.41. The predicted octanol–water partition coefficient (Wildman–Crippen LogP) is 0.0782. The van der Waals surface area contributed by atoms with Gasteiger partial charge in [-0.15, -0.1) is 0 Å². The van der Waals surface area contributed by atoms with E-state index in [0.29, 0.717) is 17.3 Å². The summed E-state index contributed by atoms with van der Waals surface area (Å²) in [5.41, 5.74) is -1.56. The first-order chi connectivity index (χ1) is 14.4. The van der Waals surface area contributed by atoms with Crippen molar-refractivity contribution in [2.45, 2.75) is 17.8 Å². The van der Waals surface area contributed by atoms with Gasteiger partial charge in [-0.3, -0.25) is 19.4 Å². The number of fused-ring (bicyclic) bond motifs is 1. The van der Waals surface area contributed by atoms with Crippen molar-refractivity contribution in [2.24, 2.45) is 5.92 Å². The predicted molar refractivity (Wildman–Crippen MR) is 92.8 cm³/mol. The summed E-state index contributed by atoms with van der Waals surface area (Å²) >= 11 is 5.88. The van der Waals surface area contributed by atoms with Gasteiger partial charge in [0.1, 0.15) is 5.92 Å². The number of hydrogen-bond donors (Lipinski definition) is 1. The highest BCUT2D eigenvalue weighted by atomic mass is 35.5. The molecule has 2 aliphatic heterocycles. The molecule has 0 aromatic carbocycles. The fourth-order valence-corrected chi connectivity index (χ4v) is 3.63. The minimum Gasteiger partial charge on any atom is -0.467 e. The number of methoxy groups -OCH3 is 2. The number of nitrogens with one attached hydrogen (secondary N) is 1. The van der Waals surface area contributed by atoms with E-state index in [1.165, 1.54) is 0 Å². The summed E-state index contributed by atoms with van der Waals surface area (Å²) in [6.45, 7) is 0. The first-order valence-electron chi connectivity index (χ1n) is 8.35. The Bertz CT molecular complexity index is 957. The number of amides is 2. The number of hydroxylamine groups is 1. The maximum absolute atomic E-state index is 13.1. The lowest BCUT2D eigenvalue weighted by molar-refractivity contribution is -0.171. The molecule has 0 saturated carbocycles. The van der Waals surface area contributed by atoms with Gasteiger partial charge in [0.2, 0.25) is 0 Å². The Morgan fingerprint density at radius 1 is 1.26 bits per heavy atom. The van der Waals surface area contributed by atoms with Crippen LogP contribution in [0.25, 0.3) is 0 Å². The summed E-state index contributed by atoms with van der Waals surface area (Å²) in [5, 5.41) is 0.730. The van der Waals surface area contributed by atoms with Crippen LogP contribution in [0.3, 0.4) is 0 Å². The molecule has 1 aromatic rings. The molecule has 15 heteroatoms. The van der Waals surface area contributed by atoms with E-state index in [2.05, 4.69) is 19.9 Å². The fourth-order valence-electron chi connectivity index (χ4n) is 3.34. The monoisotopic (exact) mass is 466 g/mol. The van der Waals surface area contributed by atoms with Crippen LogP contribution in [0.15, 0.2) is 12.3 Å². The summed E-state index contributed by atoms with van der Waals surface area (Å²) in [7, 11) is 3.02. The minimum atomic E-state index is -4.72. The number of alkyl halides is 3. The van der Waals surface area contributed by atoms with Gasteiger partial charge in [-0.2, -0.15) is 23.7 Å². The molecule has 2 aliphatic rings. The summed E-state index contributed by atoms with van der Waals surface area (Å²) in [6, 6.07) is 0.567. The number of aromatic nitrogens is 1. The average Bonchev–Trinajstić information content (AvgIpc) is 3.23. The Labute approximate surface area is 176 Å². The quantitative estimate of drug-likeness (QED) is 0.370. The van der Waals surface area contributed by atoms with Crippen molar-refractivity contribution in [3.63, 3.8) is 0 Å². The number of pyridine rings is 1. The second-order valence-corrected chi connectivity index (χ2v) is 6.86. The normalized spacial score (nSPS) is 22.4. The second kappa shape index (κ2) is 7.62. The molecule has 2 fully saturated rings. The van der Waals surface area contributed by atoms with E-state index in [4.69, 9.17) is 16.4 Å². The Kier molecular flexibility index (Phi) is 5.58. The molecule has 3 heterocycles. The molecule has 0 unspecified atom stereocenters. The topological polar surface area (TPSA) is 127 Å². The molecule has 11 nitrogen and oxygen atoms in total. The molecular weight excluding hydrogens is 453 g/mol. The van der Waals surface area contributed by atoms with Crippen molar-refractivity contribution in [1.29, 1.82) is 0 Å². The molecule has 0 bridgehead atoms. The number of esters is 2. The second-order valence-electron chi connectivity index (χ2n) is 6.45. The van der Waals surface area contributed by atoms with Gasteiger partial charge in [-0.1, -0.05) is 11.6 Å². The van der Waals surface area contributed by atoms with Crippen molar-refractivity contribution >= 4 is 41.2 Å². The third-order valence-electron chi connectivity index (χ3n) is 4.81. The van der Waals surface area contributed by atoms with Crippen molar-refractivity contribution in [3.8, 4) is 0 Å². The number of imide groups is 1. The number of hydrogen-bond acceptors (Lipinski definition) is 10. The minimum absolute atomic E-state index is 0.369. The van der Waals surface area contributed by atoms with Gasteiger partial charge in [-0.25, -0.2) is 14.6 Å². The summed E-state index contributed by atoms with van der Waals surface area (Å²) < 4.78 is 47.7. The van der Waals surface area contributed by atoms with E-state index in [9.17, 15) is 32.3 Å². The van der Waals surface area contributed by atoms with E-state index < -0.39 is 58.1 Å². The van der Waals surface area contributed by atoms with Crippen LogP contribution in [-0.4, -0.2) is 66.7 Å². The van der Waals surface area contributed by atoms with E-state index in [0.717, 1.165) is 26.3 Å². The van der Waals surface area contributed by atoms with Crippen molar-refractivity contribution in [2.75, 3.05) is 26.3 Å². The molecule has 0 radical (unpaired) electrons. The number of halogens is 4. The molecule has 0 spiro atoms. The van der Waals surface area contributed by atoms with Gasteiger partial charge in [0.05, 0.1) is 24.8 Å². The molecule has 1 N–H and O–H groups in total. The zero-order chi connectivity index (χ0) is 23.3. The fraction of sp³-hybridized carbons (Fsp3) is 0.438. The van der Waals surface area contributed by atoms with E-state index in [1.54, 1.807) is 0 Å². The van der Waals surface area contributed by atoms with Crippen molar-refractivity contribution in [1.82, 2.24) is 15.5 Å². The smallest absolute Gasteiger partial charge is 0.417 e. The SMILES string of the molecule is COC(=O)C1(C(=O)OC)NO[C@@H]2C(=O)N(N(C)c3ncc(C(F)(F)F)cc3Cl)C(=O)[C@H]21. The van der Waals surface area contributed by atoms with Gasteiger partial charge < -0.3 is 9.47 Å². The van der Waals surface area contributed by atoms with Gasteiger partial charge >= 0.3 is 18.1 Å². The molecule has 168 valence electrons. The Balaban J connectivity index is 2.01. The molecule has 31 heavy (non-hydrogen) atoms. The van der Waals surface area contributed by atoms with Crippen LogP contribution >= 0.6 is 11.6 Å². The number of carbonyl (C=O) groups is 4. The van der Waals surface area contributed by atoms with E-state index in [1.807, 2.05) is 0 Å². The lowest BCUT2D eigenvalue weighted by Crippen LogP contribution is -2.62. The van der Waals surface area contributed by atoms with Crippen LogP contribution in [0.4, 0.5) is 19.0 Å². The highest BCUT2D eigenvalue weighted by molar-refractivity contribution is 6.33. The molecule has 2 amide bonds. The molecule has 2 saturated heterocycles.